The number of nitrogens with one attached hydrogen (secondary N) is 2. The van der Waals surface area contributed by atoms with Crippen LogP contribution in [0.25, 0.3) is 21.3 Å². The van der Waals surface area contributed by atoms with Crippen LogP contribution in [0.4, 0.5) is 19.4 Å². The van der Waals surface area contributed by atoms with Gasteiger partial charge in [-0.05, 0) is 50.8 Å². The molecule has 1 aromatic carbocycles. The number of amides is 2. The number of fused-ring (bicyclic) bond motifs is 1. The van der Waals surface area contributed by atoms with Crippen molar-refractivity contribution in [1.29, 1.82) is 0 Å². The monoisotopic (exact) mass is 446 g/mol. The number of benzene rings is 1. The number of hydrogen-bond acceptors (Lipinski definition) is 6. The molecule has 0 spiro atoms. The van der Waals surface area contributed by atoms with Crippen LogP contribution < -0.4 is 10.6 Å². The summed E-state index contributed by atoms with van der Waals surface area (Å²) in [5.41, 5.74) is -0.125. The third-order valence-corrected chi connectivity index (χ3v) is 6.56. The Morgan fingerprint density at radius 1 is 1.26 bits per heavy atom. The Hall–Kier alpha value is -2.72. The Balaban J connectivity index is 1.58. The smallest absolute Gasteiger partial charge is 0.306 e. The molecular weight excluding hydrogens is 422 g/mol. The molecule has 2 N–H and O–H groups in total. The van der Waals surface area contributed by atoms with Gasteiger partial charge in [-0.15, -0.1) is 10.2 Å². The fourth-order valence-corrected chi connectivity index (χ4v) is 4.78. The lowest BCUT2D eigenvalue weighted by Crippen LogP contribution is -2.63. The maximum Gasteiger partial charge on any atom is 0.324 e. The highest BCUT2D eigenvalue weighted by atomic mass is 32.1. The highest BCUT2D eigenvalue weighted by Gasteiger charge is 2.42. The maximum atomic E-state index is 13.2. The summed E-state index contributed by atoms with van der Waals surface area (Å²) < 4.78 is 26.5. The van der Waals surface area contributed by atoms with E-state index >= 15 is 0 Å². The molecule has 1 atom stereocenters. The summed E-state index contributed by atoms with van der Waals surface area (Å²) in [5, 5.41) is 17.5. The van der Waals surface area contributed by atoms with E-state index in [-0.39, 0.29) is 0 Å². The summed E-state index contributed by atoms with van der Waals surface area (Å²) in [6.45, 7) is 2.31. The van der Waals surface area contributed by atoms with Crippen LogP contribution in [0.15, 0.2) is 30.5 Å². The number of likely N-dealkylation sites (tertiary alicyclic amines) is 1. The largest absolute Gasteiger partial charge is 0.324 e. The fraction of sp³-hybridized carbons (Fsp3) is 0.429. The van der Waals surface area contributed by atoms with Crippen molar-refractivity contribution >= 4 is 34.0 Å². The van der Waals surface area contributed by atoms with Gasteiger partial charge in [0.2, 0.25) is 6.43 Å². The number of aromatic nitrogens is 3. The lowest BCUT2D eigenvalue weighted by Gasteiger charge is -2.46. The van der Waals surface area contributed by atoms with Crippen LogP contribution in [0.2, 0.25) is 0 Å². The molecule has 10 heteroatoms. The lowest BCUT2D eigenvalue weighted by atomic mass is 9.92. The van der Waals surface area contributed by atoms with E-state index < -0.39 is 24.5 Å². The quantitative estimate of drug-likeness (QED) is 0.596. The minimum absolute atomic E-state index is 0.371. The summed E-state index contributed by atoms with van der Waals surface area (Å²) in [6.07, 6.45) is 0.807. The number of carbonyl (C=O) groups excluding carboxylic acids is 1. The average molecular weight is 447 g/mol. The van der Waals surface area contributed by atoms with E-state index in [0.717, 1.165) is 39.2 Å². The van der Waals surface area contributed by atoms with Gasteiger partial charge in [-0.2, -0.15) is 0 Å². The van der Waals surface area contributed by atoms with E-state index in [4.69, 9.17) is 0 Å². The summed E-state index contributed by atoms with van der Waals surface area (Å²) in [7, 11) is 1.62. The molecule has 0 aliphatic carbocycles. The zero-order valence-corrected chi connectivity index (χ0v) is 18.2. The molecule has 2 amide bonds. The van der Waals surface area contributed by atoms with E-state index in [9.17, 15) is 13.6 Å². The number of pyridine rings is 1. The molecule has 4 rings (SSSR count). The zero-order valence-electron chi connectivity index (χ0n) is 17.4. The van der Waals surface area contributed by atoms with Gasteiger partial charge < -0.3 is 4.90 Å². The fourth-order valence-electron chi connectivity index (χ4n) is 4.09. The summed E-state index contributed by atoms with van der Waals surface area (Å²) >= 11 is 1.51. The zero-order chi connectivity index (χ0) is 22.0. The molecule has 0 saturated carbocycles. The summed E-state index contributed by atoms with van der Waals surface area (Å²) in [5.74, 6) is 0.371. The van der Waals surface area contributed by atoms with Crippen molar-refractivity contribution < 1.29 is 13.6 Å². The van der Waals surface area contributed by atoms with Gasteiger partial charge in [0, 0.05) is 30.1 Å². The maximum absolute atomic E-state index is 13.2. The van der Waals surface area contributed by atoms with Crippen LogP contribution >= 0.6 is 11.3 Å². The number of rotatable bonds is 5. The Labute approximate surface area is 182 Å². The number of hydrogen-bond donors (Lipinski definition) is 2. The number of halogens is 2. The molecule has 3 aromatic rings. The minimum atomic E-state index is -2.51. The normalized spacial score (nSPS) is 19.2. The van der Waals surface area contributed by atoms with E-state index in [1.54, 1.807) is 19.3 Å². The molecule has 1 fully saturated rings. The van der Waals surface area contributed by atoms with Crippen molar-refractivity contribution in [2.24, 2.45) is 0 Å². The van der Waals surface area contributed by atoms with Crippen LogP contribution in [-0.2, 0) is 0 Å². The molecule has 1 aliphatic heterocycles. The van der Waals surface area contributed by atoms with Gasteiger partial charge in [0.1, 0.15) is 21.5 Å². The molecule has 2 aromatic heterocycles. The van der Waals surface area contributed by atoms with Crippen LogP contribution in [0.1, 0.15) is 30.7 Å². The topological polar surface area (TPSA) is 83.0 Å². The first kappa shape index (κ1) is 21.5. The van der Waals surface area contributed by atoms with Gasteiger partial charge in [-0.1, -0.05) is 23.5 Å². The number of carbonyl (C=O) groups is 1. The number of alkyl halides is 2. The molecule has 1 unspecified atom stereocenters. The highest BCUT2D eigenvalue weighted by Crippen LogP contribution is 2.32. The summed E-state index contributed by atoms with van der Waals surface area (Å²) in [6, 6.07) is 7.23. The van der Waals surface area contributed by atoms with E-state index in [1.807, 2.05) is 25.1 Å². The van der Waals surface area contributed by atoms with Crippen LogP contribution in [0.3, 0.4) is 0 Å². The predicted molar refractivity (Wildman–Crippen MR) is 117 cm³/mol. The second kappa shape index (κ2) is 8.80. The lowest BCUT2D eigenvalue weighted by molar-refractivity contribution is 0.000210. The molecule has 0 radical (unpaired) electrons. The van der Waals surface area contributed by atoms with Crippen LogP contribution in [0.5, 0.6) is 0 Å². The van der Waals surface area contributed by atoms with E-state index in [0.29, 0.717) is 18.8 Å². The van der Waals surface area contributed by atoms with Crippen molar-refractivity contribution in [2.45, 2.75) is 44.7 Å². The van der Waals surface area contributed by atoms with Gasteiger partial charge in [0.15, 0.2) is 0 Å². The summed E-state index contributed by atoms with van der Waals surface area (Å²) in [4.78, 5) is 18.8. The third-order valence-electron chi connectivity index (χ3n) is 5.67. The Kier molecular flexibility index (Phi) is 6.10. The Morgan fingerprint density at radius 3 is 2.81 bits per heavy atom. The number of piperidine rings is 1. The van der Waals surface area contributed by atoms with Gasteiger partial charge in [0.05, 0.1) is 0 Å². The molecule has 31 heavy (non-hydrogen) atoms. The molecule has 0 bridgehead atoms. The van der Waals surface area contributed by atoms with Crippen molar-refractivity contribution in [3.05, 3.63) is 35.5 Å². The third kappa shape index (κ3) is 4.49. The molecular formula is C21H24F2N6OS. The second-order valence-corrected chi connectivity index (χ2v) is 8.86. The molecule has 1 saturated heterocycles. The number of nitrogens with zero attached hydrogens (tertiary/aromatic N) is 4. The average Bonchev–Trinajstić information content (AvgIpc) is 3.19. The van der Waals surface area contributed by atoms with Crippen molar-refractivity contribution in [2.75, 3.05) is 18.9 Å². The first-order valence-corrected chi connectivity index (χ1v) is 11.0. The second-order valence-electron chi connectivity index (χ2n) is 7.67. The molecule has 164 valence electrons. The van der Waals surface area contributed by atoms with Crippen molar-refractivity contribution in [3.63, 3.8) is 0 Å². The number of urea groups is 1. The van der Waals surface area contributed by atoms with Gasteiger partial charge >= 0.3 is 6.03 Å². The first-order chi connectivity index (χ1) is 14.9. The van der Waals surface area contributed by atoms with Gasteiger partial charge in [0.25, 0.3) is 0 Å². The number of anilines is 1. The van der Waals surface area contributed by atoms with Crippen molar-refractivity contribution in [1.82, 2.24) is 25.4 Å². The molecule has 7 nitrogen and oxygen atoms in total. The molecule has 3 heterocycles. The van der Waals surface area contributed by atoms with Gasteiger partial charge in [-0.3, -0.25) is 10.6 Å². The Morgan fingerprint density at radius 2 is 2.10 bits per heavy atom. The van der Waals surface area contributed by atoms with Gasteiger partial charge in [-0.25, -0.2) is 18.6 Å². The molecule has 1 aliphatic rings. The minimum Gasteiger partial charge on any atom is -0.306 e. The highest BCUT2D eigenvalue weighted by molar-refractivity contribution is 7.14. The Bertz CT molecular complexity index is 1090. The van der Waals surface area contributed by atoms with Crippen molar-refractivity contribution in [3.8, 4) is 10.6 Å². The van der Waals surface area contributed by atoms with Crippen LogP contribution in [-0.4, -0.2) is 51.8 Å². The first-order valence-electron chi connectivity index (χ1n) is 10.2. The van der Waals surface area contributed by atoms with E-state index in [1.165, 1.54) is 16.2 Å². The SMILES string of the molecule is CNC1(CC(F)F)CCCCN1C(=O)Nc1cc2cc(-c3nnc(C)s3)ccc2cn1. The van der Waals surface area contributed by atoms with E-state index in [2.05, 4.69) is 25.8 Å². The predicted octanol–water partition coefficient (Wildman–Crippen LogP) is 4.65. The number of aryl methyl sites for hydroxylation is 1. The standard InChI is InChI=1S/C21H24F2N6OS/c1-13-27-28-19(31-13)14-5-6-15-12-25-18(10-16(15)9-14)26-20(30)29-8-4-3-7-21(29,24-2)11-17(22)23/h5-6,9-10,12,17,24H,3-4,7-8,11H2,1-2H3,(H,25,26,30). The van der Waals surface area contributed by atoms with Crippen LogP contribution in [0, 0.1) is 6.92 Å².